The van der Waals surface area contributed by atoms with Crippen LogP contribution in [0.25, 0.3) is 22.0 Å². The number of nitrogens with zero attached hydrogens (tertiary/aromatic N) is 3. The number of phenols is 1. The van der Waals surface area contributed by atoms with Gasteiger partial charge in [-0.15, -0.1) is 0 Å². The first kappa shape index (κ1) is 19.0. The van der Waals surface area contributed by atoms with Crippen molar-refractivity contribution in [1.82, 2.24) is 14.9 Å². The summed E-state index contributed by atoms with van der Waals surface area (Å²) in [5.74, 6) is 0.179. The summed E-state index contributed by atoms with van der Waals surface area (Å²) in [6.07, 6.45) is 10.2. The number of pyridine rings is 2. The third kappa shape index (κ3) is 3.66. The molecule has 152 valence electrons. The number of benzene rings is 2. The van der Waals surface area contributed by atoms with Crippen molar-refractivity contribution >= 4 is 16.8 Å². The quantitative estimate of drug-likeness (QED) is 0.477. The number of rotatable bonds is 3. The van der Waals surface area contributed by atoms with Gasteiger partial charge in [0.25, 0.3) is 5.91 Å². The Morgan fingerprint density at radius 2 is 1.87 bits per heavy atom. The van der Waals surface area contributed by atoms with Crippen LogP contribution >= 0.6 is 0 Å². The fourth-order valence-corrected chi connectivity index (χ4v) is 4.13. The summed E-state index contributed by atoms with van der Waals surface area (Å²) in [4.78, 5) is 24.3. The fourth-order valence-electron chi connectivity index (χ4n) is 4.13. The van der Waals surface area contributed by atoms with Crippen molar-refractivity contribution in [2.24, 2.45) is 0 Å². The zero-order valence-corrected chi connectivity index (χ0v) is 16.8. The first-order valence-electron chi connectivity index (χ1n) is 10.2. The largest absolute Gasteiger partial charge is 0.508 e. The van der Waals surface area contributed by atoms with E-state index in [4.69, 9.17) is 0 Å². The highest BCUT2D eigenvalue weighted by molar-refractivity contribution is 6.07. The minimum absolute atomic E-state index is 0.0290. The van der Waals surface area contributed by atoms with E-state index >= 15 is 0 Å². The minimum Gasteiger partial charge on any atom is -0.508 e. The van der Waals surface area contributed by atoms with Crippen molar-refractivity contribution in [2.75, 3.05) is 6.54 Å². The van der Waals surface area contributed by atoms with Crippen LogP contribution in [0.1, 0.15) is 28.4 Å². The Balaban J connectivity index is 1.58. The molecule has 1 amide bonds. The summed E-state index contributed by atoms with van der Waals surface area (Å²) >= 11 is 0. The van der Waals surface area contributed by atoms with E-state index in [1.807, 2.05) is 59.6 Å². The molecule has 1 N–H and O–H groups in total. The SMILES string of the molecule is O=C(c1ccnc2ccc(-c3cccc(O)c3)cc12)N1CC=CC[C@@H]1c1cccnc1. The molecular formula is C26H21N3O2. The summed E-state index contributed by atoms with van der Waals surface area (Å²) in [5, 5.41) is 10.7. The second-order valence-electron chi connectivity index (χ2n) is 7.61. The Bertz CT molecular complexity index is 1280. The Morgan fingerprint density at radius 3 is 2.71 bits per heavy atom. The average molecular weight is 407 g/mol. The molecule has 0 spiro atoms. The van der Waals surface area contributed by atoms with Gasteiger partial charge in [0, 0.05) is 30.5 Å². The van der Waals surface area contributed by atoms with E-state index < -0.39 is 0 Å². The lowest BCUT2D eigenvalue weighted by molar-refractivity contribution is 0.0694. The molecule has 1 atom stereocenters. The number of amides is 1. The van der Waals surface area contributed by atoms with Crippen LogP contribution in [0.15, 0.2) is 91.4 Å². The van der Waals surface area contributed by atoms with Crippen LogP contribution in [0.2, 0.25) is 0 Å². The van der Waals surface area contributed by atoms with E-state index in [1.165, 1.54) is 0 Å². The van der Waals surface area contributed by atoms with Gasteiger partial charge in [-0.05, 0) is 59.5 Å². The molecule has 0 bridgehead atoms. The standard InChI is InChI=1S/C26H21N3O2/c30-21-7-3-5-18(15-21)19-9-10-24-23(16-19)22(11-13-28-24)26(31)29-14-2-1-8-25(29)20-6-4-12-27-17-20/h1-7,9-13,15-17,25,30H,8,14H2/t25-/m1/s1. The molecule has 5 heteroatoms. The van der Waals surface area contributed by atoms with Gasteiger partial charge in [0.1, 0.15) is 5.75 Å². The maximum absolute atomic E-state index is 13.7. The molecule has 0 fully saturated rings. The normalized spacial score (nSPS) is 15.9. The van der Waals surface area contributed by atoms with Crippen molar-refractivity contribution in [2.45, 2.75) is 12.5 Å². The summed E-state index contributed by atoms with van der Waals surface area (Å²) in [6.45, 7) is 0.550. The summed E-state index contributed by atoms with van der Waals surface area (Å²) in [7, 11) is 0. The molecule has 2 aromatic carbocycles. The average Bonchev–Trinajstić information content (AvgIpc) is 2.83. The van der Waals surface area contributed by atoms with Gasteiger partial charge in [-0.25, -0.2) is 0 Å². The molecular weight excluding hydrogens is 386 g/mol. The van der Waals surface area contributed by atoms with Crippen LogP contribution in [-0.4, -0.2) is 32.4 Å². The first-order chi connectivity index (χ1) is 15.2. The van der Waals surface area contributed by atoms with Crippen LogP contribution < -0.4 is 0 Å². The van der Waals surface area contributed by atoms with Gasteiger partial charge in [0.05, 0.1) is 17.1 Å². The number of hydrogen-bond acceptors (Lipinski definition) is 4. The van der Waals surface area contributed by atoms with Gasteiger partial charge >= 0.3 is 0 Å². The van der Waals surface area contributed by atoms with Crippen molar-refractivity contribution in [1.29, 1.82) is 0 Å². The van der Waals surface area contributed by atoms with E-state index in [-0.39, 0.29) is 17.7 Å². The van der Waals surface area contributed by atoms with Crippen molar-refractivity contribution in [3.8, 4) is 16.9 Å². The zero-order chi connectivity index (χ0) is 21.2. The Kier molecular flexibility index (Phi) is 4.92. The number of phenolic OH excluding ortho intramolecular Hbond substituents is 1. The van der Waals surface area contributed by atoms with Crippen molar-refractivity contribution in [3.63, 3.8) is 0 Å². The predicted octanol–water partition coefficient (Wildman–Crippen LogP) is 5.15. The lowest BCUT2D eigenvalue weighted by atomic mass is 9.97. The van der Waals surface area contributed by atoms with Crippen molar-refractivity contribution in [3.05, 3.63) is 103 Å². The minimum atomic E-state index is -0.0522. The highest BCUT2D eigenvalue weighted by atomic mass is 16.3. The molecule has 0 aliphatic carbocycles. The lowest BCUT2D eigenvalue weighted by Crippen LogP contribution is -2.37. The second kappa shape index (κ2) is 8.03. The molecule has 0 saturated heterocycles. The molecule has 3 heterocycles. The highest BCUT2D eigenvalue weighted by Gasteiger charge is 2.28. The number of aromatic hydroxyl groups is 1. The third-order valence-corrected chi connectivity index (χ3v) is 5.69. The predicted molar refractivity (Wildman–Crippen MR) is 121 cm³/mol. The first-order valence-corrected chi connectivity index (χ1v) is 10.2. The molecule has 4 aromatic rings. The second-order valence-corrected chi connectivity index (χ2v) is 7.61. The molecule has 5 rings (SSSR count). The Hall–Kier alpha value is -3.99. The van der Waals surface area contributed by atoms with E-state index in [2.05, 4.69) is 16.0 Å². The fraction of sp³-hybridized carbons (Fsp3) is 0.115. The lowest BCUT2D eigenvalue weighted by Gasteiger charge is -2.33. The van der Waals surface area contributed by atoms with Crippen LogP contribution in [0.5, 0.6) is 5.75 Å². The van der Waals surface area contributed by atoms with Gasteiger partial charge in [0.2, 0.25) is 0 Å². The summed E-state index contributed by atoms with van der Waals surface area (Å²) in [6, 6.07) is 18.6. The van der Waals surface area contributed by atoms with E-state index in [9.17, 15) is 9.90 Å². The maximum atomic E-state index is 13.7. The van der Waals surface area contributed by atoms with Crippen molar-refractivity contribution < 1.29 is 9.90 Å². The van der Waals surface area contributed by atoms with Gasteiger partial charge in [-0.3, -0.25) is 14.8 Å². The van der Waals surface area contributed by atoms with Crippen LogP contribution in [0.3, 0.4) is 0 Å². The van der Waals surface area contributed by atoms with E-state index in [0.717, 1.165) is 34.0 Å². The van der Waals surface area contributed by atoms with Gasteiger partial charge in [0.15, 0.2) is 0 Å². The van der Waals surface area contributed by atoms with Crippen LogP contribution in [0, 0.1) is 0 Å². The monoisotopic (exact) mass is 407 g/mol. The Morgan fingerprint density at radius 1 is 0.968 bits per heavy atom. The van der Waals surface area contributed by atoms with Gasteiger partial charge in [-0.1, -0.05) is 36.4 Å². The number of aromatic nitrogens is 2. The third-order valence-electron chi connectivity index (χ3n) is 5.69. The summed E-state index contributed by atoms with van der Waals surface area (Å²) in [5.41, 5.74) is 4.22. The number of hydrogen-bond donors (Lipinski definition) is 1. The van der Waals surface area contributed by atoms with Crippen LogP contribution in [0.4, 0.5) is 0 Å². The van der Waals surface area contributed by atoms with E-state index in [0.29, 0.717) is 12.1 Å². The number of carbonyl (C=O) groups is 1. The molecule has 1 aliphatic heterocycles. The number of carbonyl (C=O) groups excluding carboxylic acids is 1. The van der Waals surface area contributed by atoms with Crippen LogP contribution in [-0.2, 0) is 0 Å². The molecule has 2 aromatic heterocycles. The van der Waals surface area contributed by atoms with Gasteiger partial charge in [-0.2, -0.15) is 0 Å². The molecule has 0 unspecified atom stereocenters. The zero-order valence-electron chi connectivity index (χ0n) is 16.8. The highest BCUT2D eigenvalue weighted by Crippen LogP contribution is 2.32. The smallest absolute Gasteiger partial charge is 0.255 e. The molecule has 0 radical (unpaired) electrons. The number of fused-ring (bicyclic) bond motifs is 1. The topological polar surface area (TPSA) is 66.3 Å². The molecule has 0 saturated carbocycles. The molecule has 31 heavy (non-hydrogen) atoms. The Labute approximate surface area is 180 Å². The van der Waals surface area contributed by atoms with Gasteiger partial charge < -0.3 is 10.0 Å². The summed E-state index contributed by atoms with van der Waals surface area (Å²) < 4.78 is 0. The molecule has 5 nitrogen and oxygen atoms in total. The molecule has 1 aliphatic rings. The maximum Gasteiger partial charge on any atom is 0.255 e. The van der Waals surface area contributed by atoms with E-state index in [1.54, 1.807) is 30.6 Å².